The van der Waals surface area contributed by atoms with Crippen LogP contribution in [0.15, 0.2) is 78.9 Å². The van der Waals surface area contributed by atoms with Gasteiger partial charge in [0.25, 0.3) is 5.91 Å². The third-order valence-electron chi connectivity index (χ3n) is 5.13. The molecule has 1 heterocycles. The fourth-order valence-electron chi connectivity index (χ4n) is 3.39. The molecular formula is C26H24ClN3O3. The summed E-state index contributed by atoms with van der Waals surface area (Å²) in [6.07, 6.45) is 0. The first-order valence-corrected chi connectivity index (χ1v) is 10.8. The molecule has 3 aromatic carbocycles. The molecule has 7 heteroatoms. The lowest BCUT2D eigenvalue weighted by Gasteiger charge is -2.13. The van der Waals surface area contributed by atoms with Gasteiger partial charge >= 0.3 is 0 Å². The summed E-state index contributed by atoms with van der Waals surface area (Å²) in [6, 6.07) is 24.3. The number of ether oxygens (including phenoxy) is 2. The van der Waals surface area contributed by atoms with Crippen molar-refractivity contribution in [2.45, 2.75) is 20.1 Å². The number of hydrogen-bond acceptors (Lipinski definition) is 4. The van der Waals surface area contributed by atoms with Crippen molar-refractivity contribution in [1.29, 1.82) is 0 Å². The standard InChI is InChI=1S/C26H24ClN3O3/c1-18-13-25(28-26(31)20-9-6-10-23(15-20)32-2)29-30(18)16-21-14-22(27)11-12-24(21)33-17-19-7-4-3-5-8-19/h3-15H,16-17H2,1-2H3,(H,28,29,31). The van der Waals surface area contributed by atoms with E-state index in [-0.39, 0.29) is 5.91 Å². The van der Waals surface area contributed by atoms with E-state index in [0.717, 1.165) is 22.6 Å². The van der Waals surface area contributed by atoms with Gasteiger partial charge < -0.3 is 14.8 Å². The van der Waals surface area contributed by atoms with Crippen LogP contribution in [0.5, 0.6) is 11.5 Å². The Labute approximate surface area is 197 Å². The van der Waals surface area contributed by atoms with E-state index >= 15 is 0 Å². The molecule has 0 bridgehead atoms. The zero-order valence-corrected chi connectivity index (χ0v) is 19.2. The van der Waals surface area contributed by atoms with Crippen molar-refractivity contribution in [3.05, 3.63) is 106 Å². The molecule has 0 aliphatic carbocycles. The number of aromatic nitrogens is 2. The zero-order chi connectivity index (χ0) is 23.2. The summed E-state index contributed by atoms with van der Waals surface area (Å²) in [6.45, 7) is 2.84. The normalized spacial score (nSPS) is 10.6. The highest BCUT2D eigenvalue weighted by Gasteiger charge is 2.13. The highest BCUT2D eigenvalue weighted by atomic mass is 35.5. The number of halogens is 1. The Morgan fingerprint density at radius 1 is 1.03 bits per heavy atom. The molecule has 0 saturated heterocycles. The fourth-order valence-corrected chi connectivity index (χ4v) is 3.59. The van der Waals surface area contributed by atoms with Crippen LogP contribution in [-0.4, -0.2) is 22.8 Å². The van der Waals surface area contributed by atoms with Crippen molar-refractivity contribution < 1.29 is 14.3 Å². The first kappa shape index (κ1) is 22.4. The smallest absolute Gasteiger partial charge is 0.256 e. The molecule has 4 aromatic rings. The number of carbonyl (C=O) groups is 1. The highest BCUT2D eigenvalue weighted by Crippen LogP contribution is 2.26. The van der Waals surface area contributed by atoms with Crippen molar-refractivity contribution in [1.82, 2.24) is 9.78 Å². The van der Waals surface area contributed by atoms with Gasteiger partial charge in [0.15, 0.2) is 5.82 Å². The maximum absolute atomic E-state index is 12.6. The molecule has 1 aromatic heterocycles. The summed E-state index contributed by atoms with van der Waals surface area (Å²) in [7, 11) is 1.57. The average Bonchev–Trinajstić information content (AvgIpc) is 3.17. The molecule has 0 saturated carbocycles. The molecule has 168 valence electrons. The van der Waals surface area contributed by atoms with E-state index in [9.17, 15) is 4.79 Å². The first-order valence-electron chi connectivity index (χ1n) is 10.5. The number of nitrogens with zero attached hydrogens (tertiary/aromatic N) is 2. The van der Waals surface area contributed by atoms with Crippen LogP contribution in [0.25, 0.3) is 0 Å². The van der Waals surface area contributed by atoms with Crippen molar-refractivity contribution in [3.63, 3.8) is 0 Å². The Balaban J connectivity index is 1.49. The topological polar surface area (TPSA) is 65.4 Å². The molecule has 1 amide bonds. The Hall–Kier alpha value is -3.77. The molecule has 0 fully saturated rings. The highest BCUT2D eigenvalue weighted by molar-refractivity contribution is 6.30. The van der Waals surface area contributed by atoms with Gasteiger partial charge in [0.2, 0.25) is 0 Å². The van der Waals surface area contributed by atoms with Crippen LogP contribution in [0.1, 0.15) is 27.2 Å². The van der Waals surface area contributed by atoms with Gasteiger partial charge in [-0.05, 0) is 48.9 Å². The first-order chi connectivity index (χ1) is 16.0. The molecule has 33 heavy (non-hydrogen) atoms. The number of methoxy groups -OCH3 is 1. The maximum atomic E-state index is 12.6. The van der Waals surface area contributed by atoms with Crippen LogP contribution in [0, 0.1) is 6.92 Å². The molecular weight excluding hydrogens is 438 g/mol. The van der Waals surface area contributed by atoms with E-state index in [0.29, 0.717) is 35.3 Å². The molecule has 0 atom stereocenters. The van der Waals surface area contributed by atoms with Crippen LogP contribution in [0.4, 0.5) is 5.82 Å². The third kappa shape index (κ3) is 5.73. The van der Waals surface area contributed by atoms with E-state index in [1.165, 1.54) is 0 Å². The molecule has 0 unspecified atom stereocenters. The number of aryl methyl sites for hydroxylation is 1. The Morgan fingerprint density at radius 3 is 2.64 bits per heavy atom. The second kappa shape index (κ2) is 10.2. The van der Waals surface area contributed by atoms with Gasteiger partial charge in [-0.1, -0.05) is 48.0 Å². The summed E-state index contributed by atoms with van der Waals surface area (Å²) >= 11 is 6.25. The minimum atomic E-state index is -0.256. The van der Waals surface area contributed by atoms with Crippen LogP contribution in [0.2, 0.25) is 5.02 Å². The van der Waals surface area contributed by atoms with Gasteiger partial charge in [-0.25, -0.2) is 0 Å². The SMILES string of the molecule is COc1cccc(C(=O)Nc2cc(C)n(Cc3cc(Cl)ccc3OCc3ccccc3)n2)c1. The lowest BCUT2D eigenvalue weighted by Crippen LogP contribution is -2.13. The van der Waals surface area contributed by atoms with Crippen molar-refractivity contribution >= 4 is 23.3 Å². The quantitative estimate of drug-likeness (QED) is 0.363. The van der Waals surface area contributed by atoms with E-state index in [4.69, 9.17) is 21.1 Å². The number of nitrogens with one attached hydrogen (secondary N) is 1. The Morgan fingerprint density at radius 2 is 1.85 bits per heavy atom. The van der Waals surface area contributed by atoms with Gasteiger partial charge in [0, 0.05) is 27.9 Å². The fraction of sp³-hybridized carbons (Fsp3) is 0.154. The number of carbonyl (C=O) groups excluding carboxylic acids is 1. The molecule has 0 aliphatic rings. The second-order valence-corrected chi connectivity index (χ2v) is 7.98. The second-order valence-electron chi connectivity index (χ2n) is 7.54. The molecule has 0 spiro atoms. The Kier molecular flexibility index (Phi) is 6.95. The van der Waals surface area contributed by atoms with E-state index in [1.807, 2.05) is 60.1 Å². The number of anilines is 1. The summed E-state index contributed by atoms with van der Waals surface area (Å²) in [4.78, 5) is 12.6. The molecule has 0 radical (unpaired) electrons. The van der Waals surface area contributed by atoms with Gasteiger partial charge in [-0.3, -0.25) is 9.48 Å². The molecule has 1 N–H and O–H groups in total. The summed E-state index contributed by atoms with van der Waals surface area (Å²) in [5, 5.41) is 8.02. The van der Waals surface area contributed by atoms with Crippen LogP contribution < -0.4 is 14.8 Å². The maximum Gasteiger partial charge on any atom is 0.256 e. The average molecular weight is 462 g/mol. The number of hydrogen-bond donors (Lipinski definition) is 1. The lowest BCUT2D eigenvalue weighted by atomic mass is 10.2. The van der Waals surface area contributed by atoms with Crippen molar-refractivity contribution in [2.75, 3.05) is 12.4 Å². The van der Waals surface area contributed by atoms with Crippen molar-refractivity contribution in [2.24, 2.45) is 0 Å². The third-order valence-corrected chi connectivity index (χ3v) is 5.37. The van der Waals surface area contributed by atoms with Gasteiger partial charge in [-0.15, -0.1) is 0 Å². The predicted molar refractivity (Wildman–Crippen MR) is 129 cm³/mol. The number of amides is 1. The molecule has 6 nitrogen and oxygen atoms in total. The van der Waals surface area contributed by atoms with Crippen LogP contribution in [-0.2, 0) is 13.2 Å². The largest absolute Gasteiger partial charge is 0.497 e. The summed E-state index contributed by atoms with van der Waals surface area (Å²) in [5.74, 6) is 1.57. The zero-order valence-electron chi connectivity index (χ0n) is 18.4. The minimum absolute atomic E-state index is 0.256. The van der Waals surface area contributed by atoms with Gasteiger partial charge in [0.1, 0.15) is 18.1 Å². The Bertz CT molecular complexity index is 1250. The molecule has 0 aliphatic heterocycles. The predicted octanol–water partition coefficient (Wildman–Crippen LogP) is 5.73. The molecule has 4 rings (SSSR count). The van der Waals surface area contributed by atoms with Crippen LogP contribution in [0.3, 0.4) is 0 Å². The summed E-state index contributed by atoms with van der Waals surface area (Å²) in [5.41, 5.74) is 3.37. The summed E-state index contributed by atoms with van der Waals surface area (Å²) < 4.78 is 13.1. The monoisotopic (exact) mass is 461 g/mol. The number of benzene rings is 3. The van der Waals surface area contributed by atoms with E-state index in [1.54, 1.807) is 37.4 Å². The van der Waals surface area contributed by atoms with E-state index in [2.05, 4.69) is 10.4 Å². The van der Waals surface area contributed by atoms with E-state index < -0.39 is 0 Å². The van der Waals surface area contributed by atoms with Crippen molar-refractivity contribution in [3.8, 4) is 11.5 Å². The van der Waals surface area contributed by atoms with Gasteiger partial charge in [0.05, 0.1) is 13.7 Å². The lowest BCUT2D eigenvalue weighted by molar-refractivity contribution is 0.102. The van der Waals surface area contributed by atoms with Crippen LogP contribution >= 0.6 is 11.6 Å². The number of rotatable bonds is 8. The van der Waals surface area contributed by atoms with Gasteiger partial charge in [-0.2, -0.15) is 5.10 Å². The minimum Gasteiger partial charge on any atom is -0.497 e.